The van der Waals surface area contributed by atoms with Gasteiger partial charge in [-0.1, -0.05) is 80.6 Å². The SMILES string of the molecule is COC(=O)CCc1cccc(CC2CCC(=O)C2c2ccc(C(O)CC3CCCCC3)cc2)c1. The van der Waals surface area contributed by atoms with Crippen LogP contribution in [-0.4, -0.2) is 24.0 Å². The van der Waals surface area contributed by atoms with Crippen LogP contribution in [-0.2, 0) is 27.2 Å². The molecule has 0 bridgehead atoms. The second-order valence-electron chi connectivity index (χ2n) is 10.3. The number of benzene rings is 2. The monoisotopic (exact) mass is 462 g/mol. The van der Waals surface area contributed by atoms with Gasteiger partial charge in [0, 0.05) is 18.8 Å². The third-order valence-corrected chi connectivity index (χ3v) is 7.88. The Morgan fingerprint density at radius 3 is 2.50 bits per heavy atom. The van der Waals surface area contributed by atoms with Crippen molar-refractivity contribution in [2.24, 2.45) is 11.8 Å². The molecule has 182 valence electrons. The van der Waals surface area contributed by atoms with Crippen LogP contribution in [0.1, 0.15) is 92.1 Å². The lowest BCUT2D eigenvalue weighted by molar-refractivity contribution is -0.140. The van der Waals surface area contributed by atoms with Crippen molar-refractivity contribution < 1.29 is 19.4 Å². The first-order valence-corrected chi connectivity index (χ1v) is 13.0. The van der Waals surface area contributed by atoms with Gasteiger partial charge >= 0.3 is 5.97 Å². The Kier molecular flexibility index (Phi) is 8.55. The van der Waals surface area contributed by atoms with Crippen LogP contribution >= 0.6 is 0 Å². The molecule has 0 aliphatic heterocycles. The predicted octanol–water partition coefficient (Wildman–Crippen LogP) is 6.10. The molecule has 0 amide bonds. The Morgan fingerprint density at radius 1 is 1.03 bits per heavy atom. The molecule has 0 aromatic heterocycles. The molecule has 2 fully saturated rings. The summed E-state index contributed by atoms with van der Waals surface area (Å²) in [6.07, 6.45) is 10.2. The number of hydrogen-bond acceptors (Lipinski definition) is 4. The van der Waals surface area contributed by atoms with Crippen molar-refractivity contribution in [1.29, 1.82) is 0 Å². The molecule has 0 spiro atoms. The average molecular weight is 463 g/mol. The van der Waals surface area contributed by atoms with Crippen LogP contribution in [0, 0.1) is 11.8 Å². The van der Waals surface area contributed by atoms with E-state index in [0.29, 0.717) is 31.0 Å². The number of ketones is 1. The van der Waals surface area contributed by atoms with E-state index in [2.05, 4.69) is 24.3 Å². The van der Waals surface area contributed by atoms with Gasteiger partial charge in [0.2, 0.25) is 0 Å². The third kappa shape index (κ3) is 6.35. The number of hydrogen-bond donors (Lipinski definition) is 1. The fourth-order valence-electron chi connectivity index (χ4n) is 5.95. The average Bonchev–Trinajstić information content (AvgIpc) is 3.23. The Labute approximate surface area is 203 Å². The second kappa shape index (κ2) is 11.8. The maximum absolute atomic E-state index is 12.8. The van der Waals surface area contributed by atoms with E-state index in [4.69, 9.17) is 4.74 Å². The number of aliphatic hydroxyl groups excluding tert-OH is 1. The highest BCUT2D eigenvalue weighted by atomic mass is 16.5. The minimum Gasteiger partial charge on any atom is -0.469 e. The summed E-state index contributed by atoms with van der Waals surface area (Å²) in [5.41, 5.74) is 4.38. The van der Waals surface area contributed by atoms with E-state index in [1.54, 1.807) is 0 Å². The molecule has 2 aromatic carbocycles. The Hall–Kier alpha value is -2.46. The summed E-state index contributed by atoms with van der Waals surface area (Å²) in [7, 11) is 1.42. The van der Waals surface area contributed by atoms with Crippen molar-refractivity contribution in [1.82, 2.24) is 0 Å². The van der Waals surface area contributed by atoms with E-state index < -0.39 is 6.10 Å². The summed E-state index contributed by atoms with van der Waals surface area (Å²) < 4.78 is 4.75. The van der Waals surface area contributed by atoms with E-state index in [9.17, 15) is 14.7 Å². The lowest BCUT2D eigenvalue weighted by Gasteiger charge is -2.24. The number of carbonyl (C=O) groups is 2. The highest BCUT2D eigenvalue weighted by molar-refractivity contribution is 5.88. The molecule has 0 saturated heterocycles. The molecule has 2 aromatic rings. The normalized spacial score (nSPS) is 22.0. The lowest BCUT2D eigenvalue weighted by atomic mass is 9.82. The van der Waals surface area contributed by atoms with Crippen molar-refractivity contribution >= 4 is 11.8 Å². The smallest absolute Gasteiger partial charge is 0.305 e. The van der Waals surface area contributed by atoms with Crippen LogP contribution in [0.3, 0.4) is 0 Å². The molecule has 3 atom stereocenters. The zero-order valence-corrected chi connectivity index (χ0v) is 20.4. The number of esters is 1. The quantitative estimate of drug-likeness (QED) is 0.457. The van der Waals surface area contributed by atoms with Crippen molar-refractivity contribution in [2.45, 2.75) is 82.7 Å². The van der Waals surface area contributed by atoms with Crippen LogP contribution < -0.4 is 0 Å². The van der Waals surface area contributed by atoms with Gasteiger partial charge in [0.05, 0.1) is 13.2 Å². The number of carbonyl (C=O) groups excluding carboxylic acids is 2. The van der Waals surface area contributed by atoms with E-state index in [1.807, 2.05) is 24.3 Å². The largest absolute Gasteiger partial charge is 0.469 e. The predicted molar refractivity (Wildman–Crippen MR) is 134 cm³/mol. The second-order valence-corrected chi connectivity index (χ2v) is 10.3. The number of rotatable bonds is 9. The van der Waals surface area contributed by atoms with Crippen molar-refractivity contribution in [2.75, 3.05) is 7.11 Å². The first-order valence-electron chi connectivity index (χ1n) is 13.0. The van der Waals surface area contributed by atoms with E-state index in [-0.39, 0.29) is 17.8 Å². The molecule has 0 heterocycles. The Bertz CT molecular complexity index is 958. The minimum atomic E-state index is -0.417. The molecule has 4 heteroatoms. The fraction of sp³-hybridized carbons (Fsp3) is 0.533. The third-order valence-electron chi connectivity index (χ3n) is 7.88. The standard InChI is InChI=1S/C30H38O4/c1-34-29(33)17-10-22-8-5-9-23(18-22)19-26-15-16-27(31)30(26)25-13-11-24(12-14-25)28(32)20-21-6-3-2-4-7-21/h5,8-9,11-14,18,21,26,28,30,32H,2-4,6-7,10,15-17,19-20H2,1H3. The topological polar surface area (TPSA) is 63.6 Å². The van der Waals surface area contributed by atoms with Crippen LogP contribution in [0.25, 0.3) is 0 Å². The lowest BCUT2D eigenvalue weighted by Crippen LogP contribution is -2.15. The van der Waals surface area contributed by atoms with Crippen LogP contribution in [0.2, 0.25) is 0 Å². The van der Waals surface area contributed by atoms with Gasteiger partial charge in [-0.15, -0.1) is 0 Å². The van der Waals surface area contributed by atoms with Gasteiger partial charge in [0.25, 0.3) is 0 Å². The maximum atomic E-state index is 12.8. The number of aryl methyl sites for hydroxylation is 1. The molecule has 2 saturated carbocycles. The summed E-state index contributed by atoms with van der Waals surface area (Å²) in [6, 6.07) is 16.5. The van der Waals surface area contributed by atoms with E-state index in [0.717, 1.165) is 36.0 Å². The summed E-state index contributed by atoms with van der Waals surface area (Å²) >= 11 is 0. The van der Waals surface area contributed by atoms with Crippen LogP contribution in [0.5, 0.6) is 0 Å². The zero-order chi connectivity index (χ0) is 23.9. The molecule has 2 aliphatic rings. The maximum Gasteiger partial charge on any atom is 0.305 e. The van der Waals surface area contributed by atoms with Gasteiger partial charge in [0.15, 0.2) is 0 Å². The fourth-order valence-corrected chi connectivity index (χ4v) is 5.95. The van der Waals surface area contributed by atoms with Crippen molar-refractivity contribution in [3.63, 3.8) is 0 Å². The zero-order valence-electron chi connectivity index (χ0n) is 20.4. The molecular weight excluding hydrogens is 424 g/mol. The van der Waals surface area contributed by atoms with Gasteiger partial charge < -0.3 is 9.84 Å². The molecule has 4 nitrogen and oxygen atoms in total. The van der Waals surface area contributed by atoms with E-state index >= 15 is 0 Å². The summed E-state index contributed by atoms with van der Waals surface area (Å²) in [4.78, 5) is 24.3. The first-order chi connectivity index (χ1) is 16.5. The highest BCUT2D eigenvalue weighted by Crippen LogP contribution is 2.40. The Morgan fingerprint density at radius 2 is 1.76 bits per heavy atom. The van der Waals surface area contributed by atoms with Gasteiger partial charge in [-0.2, -0.15) is 0 Å². The summed E-state index contributed by atoms with van der Waals surface area (Å²) in [6.45, 7) is 0. The molecule has 34 heavy (non-hydrogen) atoms. The number of Topliss-reactive ketones (excluding diaryl/α,β-unsaturated/α-hetero) is 1. The molecule has 2 aliphatic carbocycles. The van der Waals surface area contributed by atoms with Crippen molar-refractivity contribution in [3.8, 4) is 0 Å². The Balaban J connectivity index is 1.40. The number of methoxy groups -OCH3 is 1. The van der Waals surface area contributed by atoms with Crippen molar-refractivity contribution in [3.05, 3.63) is 70.8 Å². The van der Waals surface area contributed by atoms with Crippen LogP contribution in [0.15, 0.2) is 48.5 Å². The van der Waals surface area contributed by atoms with Gasteiger partial charge in [-0.3, -0.25) is 9.59 Å². The number of aliphatic hydroxyl groups is 1. The number of ether oxygens (including phenoxy) is 1. The van der Waals surface area contributed by atoms with Crippen LogP contribution in [0.4, 0.5) is 0 Å². The molecule has 1 N–H and O–H groups in total. The molecule has 0 radical (unpaired) electrons. The van der Waals surface area contributed by atoms with E-state index in [1.165, 1.54) is 44.8 Å². The molecule has 4 rings (SSSR count). The highest BCUT2D eigenvalue weighted by Gasteiger charge is 2.35. The summed E-state index contributed by atoms with van der Waals surface area (Å²) in [5.74, 6) is 0.957. The van der Waals surface area contributed by atoms with Gasteiger partial charge in [0.1, 0.15) is 5.78 Å². The molecular formula is C30H38O4. The van der Waals surface area contributed by atoms with Gasteiger partial charge in [-0.05, 0) is 59.8 Å². The minimum absolute atomic E-state index is 0.0803. The molecule has 3 unspecified atom stereocenters. The van der Waals surface area contributed by atoms with Gasteiger partial charge in [-0.25, -0.2) is 0 Å². The first kappa shape index (κ1) is 24.7. The summed E-state index contributed by atoms with van der Waals surface area (Å²) in [5, 5.41) is 10.8.